The van der Waals surface area contributed by atoms with E-state index in [1.807, 2.05) is 13.0 Å². The summed E-state index contributed by atoms with van der Waals surface area (Å²) in [4.78, 5) is 39.7. The topological polar surface area (TPSA) is 82.7 Å². The van der Waals surface area contributed by atoms with Gasteiger partial charge in [-0.2, -0.15) is 0 Å². The molecule has 0 radical (unpaired) electrons. The van der Waals surface area contributed by atoms with Gasteiger partial charge < -0.3 is 4.74 Å². The van der Waals surface area contributed by atoms with Gasteiger partial charge in [0.1, 0.15) is 18.8 Å². The summed E-state index contributed by atoms with van der Waals surface area (Å²) in [5, 5.41) is 1.68. The molecule has 24 heavy (non-hydrogen) atoms. The van der Waals surface area contributed by atoms with Gasteiger partial charge in [0.05, 0.1) is 5.69 Å². The van der Waals surface area contributed by atoms with Gasteiger partial charge in [-0.1, -0.05) is 17.4 Å². The van der Waals surface area contributed by atoms with Crippen LogP contribution in [0.2, 0.25) is 0 Å². The van der Waals surface area contributed by atoms with Crippen LogP contribution in [0.25, 0.3) is 5.65 Å². The third-order valence-corrected chi connectivity index (χ3v) is 4.46. The van der Waals surface area contributed by atoms with Crippen LogP contribution in [0.3, 0.4) is 0 Å². The second-order valence-corrected chi connectivity index (χ2v) is 6.18. The Kier molecular flexibility index (Phi) is 4.30. The first-order valence-corrected chi connectivity index (χ1v) is 8.12. The van der Waals surface area contributed by atoms with E-state index in [0.717, 1.165) is 16.9 Å². The predicted molar refractivity (Wildman–Crippen MR) is 89.3 cm³/mol. The van der Waals surface area contributed by atoms with Crippen LogP contribution in [-0.4, -0.2) is 19.9 Å². The molecule has 0 unspecified atom stereocenters. The van der Waals surface area contributed by atoms with E-state index in [0.29, 0.717) is 17.0 Å². The van der Waals surface area contributed by atoms with Gasteiger partial charge in [-0.15, -0.1) is 0 Å². The van der Waals surface area contributed by atoms with Crippen molar-refractivity contribution in [3.8, 4) is 0 Å². The van der Waals surface area contributed by atoms with Crippen molar-refractivity contribution in [2.45, 2.75) is 27.0 Å². The normalized spacial score (nSPS) is 10.9. The highest BCUT2D eigenvalue weighted by atomic mass is 32.1. The Bertz CT molecular complexity index is 1030. The molecule has 0 aliphatic rings. The standard InChI is InChI=1S/C16H15N3O4S/c1-10-4-3-5-18-13(20)6-12(17-15(10)18)8-23-14(21)7-19-11(2)9-24-16(19)22/h3-6,9H,7-8H2,1-2H3. The van der Waals surface area contributed by atoms with E-state index >= 15 is 0 Å². The van der Waals surface area contributed by atoms with Crippen LogP contribution in [-0.2, 0) is 22.7 Å². The SMILES string of the molecule is Cc1cccn2c(=O)cc(COC(=O)Cn3c(C)csc3=O)nc12. The number of hydrogen-bond acceptors (Lipinski definition) is 6. The minimum absolute atomic E-state index is 0.114. The molecule has 124 valence electrons. The first kappa shape index (κ1) is 16.1. The molecule has 0 aliphatic heterocycles. The van der Waals surface area contributed by atoms with Crippen molar-refractivity contribution in [1.82, 2.24) is 14.0 Å². The number of aryl methyl sites for hydroxylation is 2. The first-order valence-electron chi connectivity index (χ1n) is 7.24. The zero-order valence-corrected chi connectivity index (χ0v) is 14.0. The van der Waals surface area contributed by atoms with E-state index in [1.165, 1.54) is 15.0 Å². The van der Waals surface area contributed by atoms with Gasteiger partial charge >= 0.3 is 10.8 Å². The van der Waals surface area contributed by atoms with Crippen molar-refractivity contribution in [3.63, 3.8) is 0 Å². The average Bonchev–Trinajstić information content (AvgIpc) is 2.86. The number of hydrogen-bond donors (Lipinski definition) is 0. The van der Waals surface area contributed by atoms with Crippen LogP contribution in [0.5, 0.6) is 0 Å². The lowest BCUT2D eigenvalue weighted by molar-refractivity contribution is -0.145. The lowest BCUT2D eigenvalue weighted by Gasteiger charge is -2.08. The quantitative estimate of drug-likeness (QED) is 0.665. The van der Waals surface area contributed by atoms with Crippen LogP contribution in [0.15, 0.2) is 39.4 Å². The Morgan fingerprint density at radius 2 is 2.12 bits per heavy atom. The number of thiazole rings is 1. The van der Waals surface area contributed by atoms with Crippen molar-refractivity contribution in [2.24, 2.45) is 0 Å². The van der Waals surface area contributed by atoms with Crippen LogP contribution in [0.4, 0.5) is 0 Å². The van der Waals surface area contributed by atoms with E-state index in [9.17, 15) is 14.4 Å². The Morgan fingerprint density at radius 3 is 2.83 bits per heavy atom. The lowest BCUT2D eigenvalue weighted by Crippen LogP contribution is -2.22. The number of carbonyl (C=O) groups excluding carboxylic acids is 1. The number of rotatable bonds is 4. The molecule has 3 aromatic heterocycles. The highest BCUT2D eigenvalue weighted by molar-refractivity contribution is 7.07. The van der Waals surface area contributed by atoms with Crippen molar-refractivity contribution in [3.05, 3.63) is 66.7 Å². The highest BCUT2D eigenvalue weighted by Crippen LogP contribution is 2.07. The van der Waals surface area contributed by atoms with Gasteiger partial charge in [0, 0.05) is 23.3 Å². The molecule has 8 heteroatoms. The third-order valence-electron chi connectivity index (χ3n) is 3.58. The van der Waals surface area contributed by atoms with Gasteiger partial charge in [-0.05, 0) is 25.5 Å². The summed E-state index contributed by atoms with van der Waals surface area (Å²) < 4.78 is 7.94. The molecular weight excluding hydrogens is 330 g/mol. The summed E-state index contributed by atoms with van der Waals surface area (Å²) >= 11 is 1.04. The first-order chi connectivity index (χ1) is 11.5. The highest BCUT2D eigenvalue weighted by Gasteiger charge is 2.11. The smallest absolute Gasteiger partial charge is 0.326 e. The lowest BCUT2D eigenvalue weighted by atomic mass is 10.3. The molecule has 0 aromatic carbocycles. The van der Waals surface area contributed by atoms with E-state index in [2.05, 4.69) is 4.98 Å². The zero-order chi connectivity index (χ0) is 17.3. The van der Waals surface area contributed by atoms with Gasteiger partial charge in [-0.3, -0.25) is 23.4 Å². The Hall–Kier alpha value is -2.74. The number of nitrogens with zero attached hydrogens (tertiary/aromatic N) is 3. The number of fused-ring (bicyclic) bond motifs is 1. The number of ether oxygens (including phenoxy) is 1. The van der Waals surface area contributed by atoms with Crippen LogP contribution >= 0.6 is 11.3 Å². The number of pyridine rings is 1. The molecule has 0 spiro atoms. The summed E-state index contributed by atoms with van der Waals surface area (Å²) in [6, 6.07) is 4.96. The zero-order valence-electron chi connectivity index (χ0n) is 13.2. The summed E-state index contributed by atoms with van der Waals surface area (Å²) in [6.07, 6.45) is 1.64. The maximum Gasteiger partial charge on any atom is 0.326 e. The van der Waals surface area contributed by atoms with Gasteiger partial charge in [0.15, 0.2) is 0 Å². The van der Waals surface area contributed by atoms with E-state index in [1.54, 1.807) is 24.6 Å². The van der Waals surface area contributed by atoms with Gasteiger partial charge in [-0.25, -0.2) is 4.98 Å². The molecule has 0 bridgehead atoms. The molecular formula is C16H15N3O4S. The molecule has 0 saturated carbocycles. The Labute approximate surface area is 140 Å². The Balaban J connectivity index is 1.76. The number of carbonyl (C=O) groups is 1. The maximum absolute atomic E-state index is 12.1. The second kappa shape index (κ2) is 6.40. The second-order valence-electron chi connectivity index (χ2n) is 5.36. The van der Waals surface area contributed by atoms with Gasteiger partial charge in [0.25, 0.3) is 5.56 Å². The van der Waals surface area contributed by atoms with Crippen molar-refractivity contribution in [1.29, 1.82) is 0 Å². The van der Waals surface area contributed by atoms with Crippen LogP contribution in [0, 0.1) is 13.8 Å². The predicted octanol–water partition coefficient (Wildman–Crippen LogP) is 1.28. The fourth-order valence-electron chi connectivity index (χ4n) is 2.31. The molecule has 0 amide bonds. The molecule has 0 N–H and O–H groups in total. The fraction of sp³-hybridized carbons (Fsp3) is 0.250. The summed E-state index contributed by atoms with van der Waals surface area (Å²) in [6.45, 7) is 3.33. The molecule has 0 aliphatic carbocycles. The van der Waals surface area contributed by atoms with E-state index in [4.69, 9.17) is 4.74 Å². The number of esters is 1. The van der Waals surface area contributed by atoms with Crippen LogP contribution in [0.1, 0.15) is 17.0 Å². The summed E-state index contributed by atoms with van der Waals surface area (Å²) in [7, 11) is 0. The minimum Gasteiger partial charge on any atom is -0.458 e. The summed E-state index contributed by atoms with van der Waals surface area (Å²) in [5.74, 6) is -0.551. The molecule has 7 nitrogen and oxygen atoms in total. The number of aromatic nitrogens is 3. The van der Waals surface area contributed by atoms with E-state index < -0.39 is 5.97 Å². The molecule has 3 rings (SSSR count). The van der Waals surface area contributed by atoms with Crippen molar-refractivity contribution in [2.75, 3.05) is 0 Å². The largest absolute Gasteiger partial charge is 0.458 e. The molecule has 0 atom stereocenters. The maximum atomic E-state index is 12.1. The fourth-order valence-corrected chi connectivity index (χ4v) is 3.04. The van der Waals surface area contributed by atoms with E-state index in [-0.39, 0.29) is 23.6 Å². The molecule has 3 heterocycles. The Morgan fingerprint density at radius 1 is 1.33 bits per heavy atom. The van der Waals surface area contributed by atoms with Crippen LogP contribution < -0.4 is 10.4 Å². The summed E-state index contributed by atoms with van der Waals surface area (Å²) in [5.41, 5.74) is 2.22. The average molecular weight is 345 g/mol. The van der Waals surface area contributed by atoms with Crippen molar-refractivity contribution < 1.29 is 9.53 Å². The molecule has 0 saturated heterocycles. The minimum atomic E-state index is -0.551. The molecule has 0 fully saturated rings. The third kappa shape index (κ3) is 3.13. The van der Waals surface area contributed by atoms with Gasteiger partial charge in [0.2, 0.25) is 0 Å². The monoisotopic (exact) mass is 345 g/mol. The van der Waals surface area contributed by atoms with Crippen molar-refractivity contribution >= 4 is 23.0 Å². The molecule has 3 aromatic rings.